The molecule has 3 rings (SSSR count). The summed E-state index contributed by atoms with van der Waals surface area (Å²) in [5, 5.41) is 3.57. The Kier molecular flexibility index (Phi) is 5.75. The summed E-state index contributed by atoms with van der Waals surface area (Å²) in [6.45, 7) is 4.02. The van der Waals surface area contributed by atoms with Gasteiger partial charge in [0.15, 0.2) is 0 Å². The molecule has 4 nitrogen and oxygen atoms in total. The first-order valence-electron chi connectivity index (χ1n) is 8.08. The largest absolute Gasteiger partial charge is 0.496 e. The summed E-state index contributed by atoms with van der Waals surface area (Å²) < 4.78 is 11.9. The van der Waals surface area contributed by atoms with Crippen molar-refractivity contribution >= 4 is 15.9 Å². The average molecular weight is 379 g/mol. The van der Waals surface area contributed by atoms with Crippen LogP contribution in [0.1, 0.15) is 30.2 Å². The highest BCUT2D eigenvalue weighted by Crippen LogP contribution is 2.27. The van der Waals surface area contributed by atoms with Crippen LogP contribution in [-0.4, -0.2) is 31.6 Å². The highest BCUT2D eigenvalue weighted by Gasteiger charge is 2.25. The van der Waals surface area contributed by atoms with Gasteiger partial charge in [-0.25, -0.2) is 0 Å². The normalized spacial score (nSPS) is 16.6. The fourth-order valence-electron chi connectivity index (χ4n) is 3.12. The van der Waals surface area contributed by atoms with E-state index < -0.39 is 0 Å². The summed E-state index contributed by atoms with van der Waals surface area (Å²) in [5.74, 6) is 1.91. The number of likely N-dealkylation sites (tertiary alicyclic amines) is 1. The molecule has 2 heterocycles. The minimum atomic E-state index is 0.314. The second-order valence-electron chi connectivity index (χ2n) is 5.87. The zero-order chi connectivity index (χ0) is 16.1. The van der Waals surface area contributed by atoms with Gasteiger partial charge in [0.25, 0.3) is 0 Å². The van der Waals surface area contributed by atoms with Crippen molar-refractivity contribution in [2.24, 2.45) is 0 Å². The highest BCUT2D eigenvalue weighted by atomic mass is 79.9. The fourth-order valence-corrected chi connectivity index (χ4v) is 3.70. The third-order valence-electron chi connectivity index (χ3n) is 4.34. The predicted octanol–water partition coefficient (Wildman–Crippen LogP) is 3.98. The molecule has 1 aromatic heterocycles. The maximum Gasteiger partial charge on any atom is 0.133 e. The zero-order valence-corrected chi connectivity index (χ0v) is 15.0. The number of benzene rings is 1. The lowest BCUT2D eigenvalue weighted by Gasteiger charge is -2.26. The number of rotatable bonds is 7. The maximum atomic E-state index is 5.65. The van der Waals surface area contributed by atoms with Gasteiger partial charge in [0.2, 0.25) is 0 Å². The molecule has 0 spiro atoms. The lowest BCUT2D eigenvalue weighted by Crippen LogP contribution is -2.33. The van der Waals surface area contributed by atoms with Crippen LogP contribution in [0.15, 0.2) is 45.5 Å². The van der Waals surface area contributed by atoms with Crippen LogP contribution in [0.3, 0.4) is 0 Å². The molecule has 0 saturated carbocycles. The molecule has 1 aromatic carbocycles. The van der Waals surface area contributed by atoms with E-state index in [4.69, 9.17) is 9.15 Å². The molecule has 1 unspecified atom stereocenters. The monoisotopic (exact) mass is 378 g/mol. The van der Waals surface area contributed by atoms with Crippen molar-refractivity contribution in [3.8, 4) is 5.75 Å². The van der Waals surface area contributed by atoms with E-state index >= 15 is 0 Å². The molecule has 1 atom stereocenters. The Morgan fingerprint density at radius 3 is 2.78 bits per heavy atom. The number of nitrogens with zero attached hydrogens (tertiary/aromatic N) is 1. The quantitative estimate of drug-likeness (QED) is 0.790. The summed E-state index contributed by atoms with van der Waals surface area (Å²) in [5.41, 5.74) is 1.23. The van der Waals surface area contributed by atoms with E-state index in [0.29, 0.717) is 6.04 Å². The Bertz CT molecular complexity index is 609. The molecule has 1 saturated heterocycles. The molecular weight excluding hydrogens is 356 g/mol. The molecule has 0 bridgehead atoms. The molecule has 1 aliphatic rings. The van der Waals surface area contributed by atoms with Crippen LogP contribution >= 0.6 is 15.9 Å². The first-order chi connectivity index (χ1) is 11.3. The number of ether oxygens (including phenoxy) is 1. The molecule has 5 heteroatoms. The average Bonchev–Trinajstić information content (AvgIpc) is 3.25. The number of hydrogen-bond donors (Lipinski definition) is 1. The third-order valence-corrected chi connectivity index (χ3v) is 4.96. The minimum absolute atomic E-state index is 0.314. The molecule has 0 amide bonds. The van der Waals surface area contributed by atoms with Crippen LogP contribution < -0.4 is 10.1 Å². The van der Waals surface area contributed by atoms with Gasteiger partial charge in [-0.3, -0.25) is 4.90 Å². The molecule has 2 aromatic rings. The van der Waals surface area contributed by atoms with E-state index in [1.165, 1.54) is 18.4 Å². The van der Waals surface area contributed by atoms with Gasteiger partial charge in [-0.05, 0) is 71.7 Å². The van der Waals surface area contributed by atoms with Gasteiger partial charge in [0.05, 0.1) is 23.9 Å². The molecule has 0 aliphatic carbocycles. The van der Waals surface area contributed by atoms with E-state index in [2.05, 4.69) is 44.3 Å². The Morgan fingerprint density at radius 2 is 2.13 bits per heavy atom. The van der Waals surface area contributed by atoms with Crippen LogP contribution in [0.2, 0.25) is 0 Å². The van der Waals surface area contributed by atoms with E-state index in [-0.39, 0.29) is 0 Å². The SMILES string of the molecule is COc1ccc(CNCC(c2ccco2)N2CCCC2)cc1Br. The van der Waals surface area contributed by atoms with Gasteiger partial charge < -0.3 is 14.5 Å². The van der Waals surface area contributed by atoms with Gasteiger partial charge in [0, 0.05) is 13.1 Å². The van der Waals surface area contributed by atoms with E-state index in [1.807, 2.05) is 12.1 Å². The number of methoxy groups -OCH3 is 1. The van der Waals surface area contributed by atoms with Crippen LogP contribution in [-0.2, 0) is 6.54 Å². The molecule has 0 radical (unpaired) electrons. The van der Waals surface area contributed by atoms with Crippen LogP contribution in [0.4, 0.5) is 0 Å². The fraction of sp³-hybridized carbons (Fsp3) is 0.444. The van der Waals surface area contributed by atoms with Gasteiger partial charge in [-0.1, -0.05) is 6.07 Å². The van der Waals surface area contributed by atoms with Crippen molar-refractivity contribution in [1.82, 2.24) is 10.2 Å². The Balaban J connectivity index is 1.59. The van der Waals surface area contributed by atoms with Crippen molar-refractivity contribution in [1.29, 1.82) is 0 Å². The first-order valence-corrected chi connectivity index (χ1v) is 8.88. The topological polar surface area (TPSA) is 37.6 Å². The Hall–Kier alpha value is -1.30. The van der Waals surface area contributed by atoms with Crippen LogP contribution in [0, 0.1) is 0 Å². The summed E-state index contributed by atoms with van der Waals surface area (Å²) in [6, 6.07) is 10.5. The molecule has 1 N–H and O–H groups in total. The molecule has 124 valence electrons. The molecule has 1 aliphatic heterocycles. The Morgan fingerprint density at radius 1 is 1.30 bits per heavy atom. The Labute approximate surface area is 145 Å². The van der Waals surface area contributed by atoms with Crippen LogP contribution in [0.5, 0.6) is 5.75 Å². The number of hydrogen-bond acceptors (Lipinski definition) is 4. The van der Waals surface area contributed by atoms with E-state index in [1.54, 1.807) is 13.4 Å². The smallest absolute Gasteiger partial charge is 0.133 e. The third kappa shape index (κ3) is 4.16. The maximum absolute atomic E-state index is 5.65. The minimum Gasteiger partial charge on any atom is -0.496 e. The van der Waals surface area contributed by atoms with E-state index in [9.17, 15) is 0 Å². The van der Waals surface area contributed by atoms with Gasteiger partial charge >= 0.3 is 0 Å². The van der Waals surface area contributed by atoms with Crippen LogP contribution in [0.25, 0.3) is 0 Å². The number of halogens is 1. The summed E-state index contributed by atoms with van der Waals surface area (Å²) in [7, 11) is 1.68. The van der Waals surface area contributed by atoms with E-state index in [0.717, 1.165) is 42.2 Å². The number of nitrogens with one attached hydrogen (secondary N) is 1. The second-order valence-corrected chi connectivity index (χ2v) is 6.73. The van der Waals surface area contributed by atoms with Crippen molar-refractivity contribution in [2.75, 3.05) is 26.7 Å². The summed E-state index contributed by atoms with van der Waals surface area (Å²) in [4.78, 5) is 2.51. The lowest BCUT2D eigenvalue weighted by atomic mass is 10.1. The highest BCUT2D eigenvalue weighted by molar-refractivity contribution is 9.10. The molecular formula is C18H23BrN2O2. The van der Waals surface area contributed by atoms with Crippen molar-refractivity contribution in [3.63, 3.8) is 0 Å². The van der Waals surface area contributed by atoms with Crippen molar-refractivity contribution in [3.05, 3.63) is 52.4 Å². The lowest BCUT2D eigenvalue weighted by molar-refractivity contribution is 0.209. The van der Waals surface area contributed by atoms with Gasteiger partial charge in [-0.15, -0.1) is 0 Å². The summed E-state index contributed by atoms with van der Waals surface area (Å²) >= 11 is 3.54. The zero-order valence-electron chi connectivity index (χ0n) is 13.4. The standard InChI is InChI=1S/C18H23BrN2O2/c1-22-17-7-6-14(11-15(17)19)12-20-13-16(18-5-4-10-23-18)21-8-2-3-9-21/h4-7,10-11,16,20H,2-3,8-9,12-13H2,1H3. The second kappa shape index (κ2) is 7.99. The molecule has 23 heavy (non-hydrogen) atoms. The molecule has 1 fully saturated rings. The van der Waals surface area contributed by atoms with Gasteiger partial charge in [0.1, 0.15) is 11.5 Å². The van der Waals surface area contributed by atoms with Gasteiger partial charge in [-0.2, -0.15) is 0 Å². The van der Waals surface area contributed by atoms with Crippen molar-refractivity contribution < 1.29 is 9.15 Å². The summed E-state index contributed by atoms with van der Waals surface area (Å²) in [6.07, 6.45) is 4.32. The van der Waals surface area contributed by atoms with Crippen molar-refractivity contribution in [2.45, 2.75) is 25.4 Å². The number of furan rings is 1. The first kappa shape index (κ1) is 16.6. The predicted molar refractivity (Wildman–Crippen MR) is 94.7 cm³/mol.